The van der Waals surface area contributed by atoms with Gasteiger partial charge in [-0.2, -0.15) is 0 Å². The van der Waals surface area contributed by atoms with Crippen LogP contribution in [0.15, 0.2) is 6.20 Å². The number of nitrogens with zero attached hydrogens (tertiary/aromatic N) is 2. The minimum absolute atomic E-state index is 0.207. The summed E-state index contributed by atoms with van der Waals surface area (Å²) in [6.07, 6.45) is 4.25. The molecular weight excluding hydrogens is 144 g/mol. The van der Waals surface area contributed by atoms with Crippen LogP contribution >= 0.6 is 0 Å². The van der Waals surface area contributed by atoms with Crippen LogP contribution in [-0.2, 0) is 16.1 Å². The second-order valence-corrected chi connectivity index (χ2v) is 2.12. The smallest absolute Gasteiger partial charge is 0.325 e. The number of ether oxygens (including phenoxy) is 1. The van der Waals surface area contributed by atoms with Crippen LogP contribution < -0.4 is 0 Å². The summed E-state index contributed by atoms with van der Waals surface area (Å²) in [7, 11) is 1.36. The second-order valence-electron chi connectivity index (χ2n) is 2.12. The van der Waals surface area contributed by atoms with Crippen molar-refractivity contribution in [1.29, 1.82) is 0 Å². The fourth-order valence-electron chi connectivity index (χ4n) is 0.713. The van der Waals surface area contributed by atoms with E-state index in [4.69, 9.17) is 0 Å². The van der Waals surface area contributed by atoms with E-state index in [9.17, 15) is 4.79 Å². The average Bonchev–Trinajstić information content (AvgIpc) is 2.37. The molecule has 0 fully saturated rings. The first-order valence-corrected chi connectivity index (χ1v) is 3.20. The maximum Gasteiger partial charge on any atom is 0.325 e. The third-order valence-electron chi connectivity index (χ3n) is 1.38. The topological polar surface area (TPSA) is 44.1 Å². The number of esters is 1. The molecule has 1 heterocycles. The molecule has 0 aromatic carbocycles. The van der Waals surface area contributed by atoms with Gasteiger partial charge in [0.1, 0.15) is 18.6 Å². The SMILES string of the molecule is COC(=O)Cn1c[c]nc1C. The minimum Gasteiger partial charge on any atom is -0.468 e. The Morgan fingerprint density at radius 1 is 1.91 bits per heavy atom. The Balaban J connectivity index is 2.64. The number of hydrogen-bond acceptors (Lipinski definition) is 3. The Labute approximate surface area is 64.8 Å². The van der Waals surface area contributed by atoms with Crippen LogP contribution in [0.3, 0.4) is 0 Å². The molecule has 0 aliphatic rings. The maximum atomic E-state index is 10.7. The van der Waals surface area contributed by atoms with Gasteiger partial charge in [-0.05, 0) is 6.92 Å². The molecule has 0 saturated heterocycles. The van der Waals surface area contributed by atoms with Gasteiger partial charge in [-0.15, -0.1) is 0 Å². The number of rotatable bonds is 2. The first kappa shape index (κ1) is 7.78. The molecule has 0 N–H and O–H groups in total. The third kappa shape index (κ3) is 1.80. The fourth-order valence-corrected chi connectivity index (χ4v) is 0.713. The molecule has 1 aromatic rings. The average molecular weight is 153 g/mol. The first-order chi connectivity index (χ1) is 5.24. The standard InChI is InChI=1S/C7H9N2O2/c1-6-8-3-4-9(6)5-7(10)11-2/h4H,5H2,1-2H3. The molecule has 0 atom stereocenters. The number of aromatic nitrogens is 2. The highest BCUT2D eigenvalue weighted by Gasteiger charge is 2.03. The predicted molar refractivity (Wildman–Crippen MR) is 37.8 cm³/mol. The van der Waals surface area contributed by atoms with Gasteiger partial charge in [-0.3, -0.25) is 4.79 Å². The molecule has 0 aliphatic heterocycles. The van der Waals surface area contributed by atoms with Crippen LogP contribution in [-0.4, -0.2) is 22.6 Å². The van der Waals surface area contributed by atoms with Crippen LogP contribution in [0.25, 0.3) is 0 Å². The quantitative estimate of drug-likeness (QED) is 0.569. The van der Waals surface area contributed by atoms with E-state index in [1.165, 1.54) is 7.11 Å². The Morgan fingerprint density at radius 2 is 2.64 bits per heavy atom. The lowest BCUT2D eigenvalue weighted by atomic mass is 10.6. The fraction of sp³-hybridized carbons (Fsp3) is 0.429. The molecule has 1 rings (SSSR count). The van der Waals surface area contributed by atoms with E-state index in [0.717, 1.165) is 5.82 Å². The van der Waals surface area contributed by atoms with Crippen molar-refractivity contribution in [3.8, 4) is 0 Å². The van der Waals surface area contributed by atoms with E-state index in [1.807, 2.05) is 0 Å². The van der Waals surface area contributed by atoms with Crippen molar-refractivity contribution >= 4 is 5.97 Å². The van der Waals surface area contributed by atoms with Crippen molar-refractivity contribution in [2.45, 2.75) is 13.5 Å². The van der Waals surface area contributed by atoms with E-state index < -0.39 is 0 Å². The molecule has 0 bridgehead atoms. The van der Waals surface area contributed by atoms with Crippen LogP contribution in [0.4, 0.5) is 0 Å². The summed E-state index contributed by atoms with van der Waals surface area (Å²) in [5, 5.41) is 0. The van der Waals surface area contributed by atoms with Gasteiger partial charge >= 0.3 is 5.97 Å². The maximum absolute atomic E-state index is 10.7. The monoisotopic (exact) mass is 153 g/mol. The molecule has 1 aromatic heterocycles. The van der Waals surface area contributed by atoms with Gasteiger partial charge in [0.15, 0.2) is 0 Å². The lowest BCUT2D eigenvalue weighted by Gasteiger charge is -2.01. The van der Waals surface area contributed by atoms with Crippen molar-refractivity contribution in [3.63, 3.8) is 0 Å². The molecule has 0 spiro atoms. The largest absolute Gasteiger partial charge is 0.468 e. The zero-order valence-corrected chi connectivity index (χ0v) is 6.50. The summed E-state index contributed by atoms with van der Waals surface area (Å²) in [6, 6.07) is 0. The predicted octanol–water partition coefficient (Wildman–Crippen LogP) is 0.165. The highest BCUT2D eigenvalue weighted by Crippen LogP contribution is 1.94. The molecule has 11 heavy (non-hydrogen) atoms. The van der Waals surface area contributed by atoms with Crippen molar-refractivity contribution in [2.75, 3.05) is 7.11 Å². The zero-order valence-electron chi connectivity index (χ0n) is 6.50. The van der Waals surface area contributed by atoms with E-state index in [2.05, 4.69) is 15.9 Å². The van der Waals surface area contributed by atoms with Gasteiger partial charge < -0.3 is 9.30 Å². The summed E-state index contributed by atoms with van der Waals surface area (Å²) in [4.78, 5) is 14.6. The Hall–Kier alpha value is -1.32. The second kappa shape index (κ2) is 3.18. The summed E-state index contributed by atoms with van der Waals surface area (Å²) in [5.41, 5.74) is 0. The van der Waals surface area contributed by atoms with Crippen molar-refractivity contribution in [2.24, 2.45) is 0 Å². The number of hydrogen-bond donors (Lipinski definition) is 0. The van der Waals surface area contributed by atoms with Crippen LogP contribution in [0.2, 0.25) is 0 Å². The van der Waals surface area contributed by atoms with Crippen molar-refractivity contribution < 1.29 is 9.53 Å². The van der Waals surface area contributed by atoms with Crippen LogP contribution in [0.5, 0.6) is 0 Å². The highest BCUT2D eigenvalue weighted by atomic mass is 16.5. The molecule has 0 amide bonds. The van der Waals surface area contributed by atoms with E-state index in [1.54, 1.807) is 17.7 Å². The van der Waals surface area contributed by atoms with Gasteiger partial charge in [0.05, 0.1) is 7.11 Å². The Kier molecular flexibility index (Phi) is 2.25. The van der Waals surface area contributed by atoms with Crippen LogP contribution in [0.1, 0.15) is 5.82 Å². The minimum atomic E-state index is -0.278. The van der Waals surface area contributed by atoms with Gasteiger partial charge in [0.25, 0.3) is 0 Å². The van der Waals surface area contributed by atoms with E-state index in [0.29, 0.717) is 0 Å². The highest BCUT2D eigenvalue weighted by molar-refractivity contribution is 5.68. The molecule has 0 saturated carbocycles. The first-order valence-electron chi connectivity index (χ1n) is 3.20. The number of methoxy groups -OCH3 is 1. The molecule has 4 nitrogen and oxygen atoms in total. The van der Waals surface area contributed by atoms with E-state index >= 15 is 0 Å². The van der Waals surface area contributed by atoms with Gasteiger partial charge in [0, 0.05) is 6.20 Å². The number of imidazole rings is 1. The number of carbonyl (C=O) groups excluding carboxylic acids is 1. The molecule has 4 heteroatoms. The lowest BCUT2D eigenvalue weighted by Crippen LogP contribution is -2.11. The van der Waals surface area contributed by atoms with Gasteiger partial charge in [-0.1, -0.05) is 0 Å². The number of carbonyl (C=O) groups is 1. The van der Waals surface area contributed by atoms with Gasteiger partial charge in [0.2, 0.25) is 0 Å². The molecule has 0 aliphatic carbocycles. The molecule has 0 unspecified atom stereocenters. The Morgan fingerprint density at radius 3 is 3.09 bits per heavy atom. The van der Waals surface area contributed by atoms with Crippen molar-refractivity contribution in [3.05, 3.63) is 18.2 Å². The lowest BCUT2D eigenvalue weighted by molar-refractivity contribution is -0.141. The summed E-state index contributed by atoms with van der Waals surface area (Å²) in [5.74, 6) is 0.481. The number of aryl methyl sites for hydroxylation is 1. The van der Waals surface area contributed by atoms with Crippen molar-refractivity contribution in [1.82, 2.24) is 9.55 Å². The third-order valence-corrected chi connectivity index (χ3v) is 1.38. The summed E-state index contributed by atoms with van der Waals surface area (Å²) < 4.78 is 6.15. The van der Waals surface area contributed by atoms with Gasteiger partial charge in [-0.25, -0.2) is 4.98 Å². The molecule has 59 valence electrons. The van der Waals surface area contributed by atoms with Crippen LogP contribution in [0, 0.1) is 13.1 Å². The molecule has 1 radical (unpaired) electrons. The zero-order chi connectivity index (χ0) is 8.27. The normalized spacial score (nSPS) is 9.64. The summed E-state index contributed by atoms with van der Waals surface area (Å²) >= 11 is 0. The van der Waals surface area contributed by atoms with E-state index in [-0.39, 0.29) is 12.5 Å². The summed E-state index contributed by atoms with van der Waals surface area (Å²) in [6.45, 7) is 2.01. The Bertz CT molecular complexity index is 255. The molecular formula is C7H9N2O2.